The van der Waals surface area contributed by atoms with Crippen molar-refractivity contribution in [1.82, 2.24) is 5.32 Å². The highest BCUT2D eigenvalue weighted by Gasteiger charge is 2.12. The topological polar surface area (TPSA) is 21.3 Å². The lowest BCUT2D eigenvalue weighted by molar-refractivity contribution is 0.0547. The molecule has 1 aliphatic heterocycles. The molecule has 94 valence electrons. The van der Waals surface area contributed by atoms with E-state index in [1.165, 1.54) is 18.4 Å². The van der Waals surface area contributed by atoms with E-state index in [2.05, 4.69) is 33.4 Å². The first-order valence-corrected chi connectivity index (χ1v) is 7.15. The van der Waals surface area contributed by atoms with E-state index in [-0.39, 0.29) is 0 Å². The lowest BCUT2D eigenvalue weighted by Gasteiger charge is -2.22. The second-order valence-corrected chi connectivity index (χ2v) is 5.72. The zero-order valence-corrected chi connectivity index (χ0v) is 12.1. The van der Waals surface area contributed by atoms with Gasteiger partial charge in [-0.2, -0.15) is 0 Å². The van der Waals surface area contributed by atoms with Gasteiger partial charge in [0.2, 0.25) is 0 Å². The number of hydrogen-bond donors (Lipinski definition) is 1. The zero-order valence-electron chi connectivity index (χ0n) is 9.72. The Balaban J connectivity index is 1.75. The molecule has 2 nitrogen and oxygen atoms in total. The Bertz CT molecular complexity index is 366. The van der Waals surface area contributed by atoms with Crippen LogP contribution in [0.15, 0.2) is 22.7 Å². The fraction of sp³-hybridized carbons (Fsp3) is 0.538. The molecule has 17 heavy (non-hydrogen) atoms. The summed E-state index contributed by atoms with van der Waals surface area (Å²) in [5.74, 6) is 0.666. The normalized spacial score (nSPS) is 20.5. The Morgan fingerprint density at radius 1 is 1.47 bits per heavy atom. The number of ether oxygens (including phenoxy) is 1. The van der Waals surface area contributed by atoms with Gasteiger partial charge < -0.3 is 10.1 Å². The molecule has 0 aliphatic carbocycles. The molecule has 1 saturated heterocycles. The second kappa shape index (κ2) is 6.74. The maximum atomic E-state index is 5.95. The van der Waals surface area contributed by atoms with Crippen molar-refractivity contribution in [2.45, 2.75) is 19.4 Å². The van der Waals surface area contributed by atoms with E-state index < -0.39 is 0 Å². The smallest absolute Gasteiger partial charge is 0.0548 e. The average Bonchev–Trinajstić information content (AvgIpc) is 2.35. The highest BCUT2D eigenvalue weighted by atomic mass is 79.9. The van der Waals surface area contributed by atoms with Crippen molar-refractivity contribution in [3.05, 3.63) is 33.3 Å². The maximum absolute atomic E-state index is 5.95. The Kier molecular flexibility index (Phi) is 5.29. The molecule has 0 spiro atoms. The third-order valence-corrected chi connectivity index (χ3v) is 4.21. The number of halogens is 2. The molecule has 0 bridgehead atoms. The Morgan fingerprint density at radius 2 is 2.35 bits per heavy atom. The van der Waals surface area contributed by atoms with Gasteiger partial charge in [-0.1, -0.05) is 17.7 Å². The fourth-order valence-corrected chi connectivity index (χ4v) is 2.58. The maximum Gasteiger partial charge on any atom is 0.0548 e. The van der Waals surface area contributed by atoms with Crippen LogP contribution in [0.25, 0.3) is 0 Å². The van der Waals surface area contributed by atoms with Crippen molar-refractivity contribution in [2.24, 2.45) is 5.92 Å². The lowest BCUT2D eigenvalue weighted by Crippen LogP contribution is -2.28. The summed E-state index contributed by atoms with van der Waals surface area (Å²) >= 11 is 9.39. The van der Waals surface area contributed by atoms with Crippen molar-refractivity contribution >= 4 is 27.5 Å². The summed E-state index contributed by atoms with van der Waals surface area (Å²) in [6.07, 6.45) is 2.47. The average molecular weight is 319 g/mol. The predicted molar refractivity (Wildman–Crippen MR) is 74.4 cm³/mol. The standard InChI is InChI=1S/C13H17BrClNO/c14-12-6-10(3-4-13(12)15)7-16-8-11-2-1-5-17-9-11/h3-4,6,11,16H,1-2,5,7-9H2. The summed E-state index contributed by atoms with van der Waals surface area (Å²) in [6, 6.07) is 6.04. The van der Waals surface area contributed by atoms with E-state index in [9.17, 15) is 0 Å². The van der Waals surface area contributed by atoms with Crippen molar-refractivity contribution < 1.29 is 4.74 Å². The van der Waals surface area contributed by atoms with Gasteiger partial charge in [-0.15, -0.1) is 0 Å². The summed E-state index contributed by atoms with van der Waals surface area (Å²) in [5, 5.41) is 4.23. The van der Waals surface area contributed by atoms with E-state index in [0.717, 1.165) is 35.8 Å². The first-order chi connectivity index (χ1) is 8.25. The second-order valence-electron chi connectivity index (χ2n) is 4.46. The molecule has 1 aliphatic rings. The predicted octanol–water partition coefficient (Wildman–Crippen LogP) is 3.62. The molecule has 1 N–H and O–H groups in total. The molecular weight excluding hydrogens is 302 g/mol. The molecule has 2 rings (SSSR count). The minimum atomic E-state index is 0.666. The Morgan fingerprint density at radius 3 is 3.06 bits per heavy atom. The van der Waals surface area contributed by atoms with Crippen LogP contribution in [0.1, 0.15) is 18.4 Å². The van der Waals surface area contributed by atoms with Crippen molar-refractivity contribution in [1.29, 1.82) is 0 Å². The van der Waals surface area contributed by atoms with Gasteiger partial charge in [-0.3, -0.25) is 0 Å². The van der Waals surface area contributed by atoms with Crippen molar-refractivity contribution in [2.75, 3.05) is 19.8 Å². The first kappa shape index (κ1) is 13.3. The fourth-order valence-electron chi connectivity index (χ4n) is 2.04. The van der Waals surface area contributed by atoms with Crippen LogP contribution in [0.3, 0.4) is 0 Å². The summed E-state index contributed by atoms with van der Waals surface area (Å²) < 4.78 is 6.41. The lowest BCUT2D eigenvalue weighted by atomic mass is 10.0. The third kappa shape index (κ3) is 4.25. The minimum Gasteiger partial charge on any atom is -0.381 e. The summed E-state index contributed by atoms with van der Waals surface area (Å²) in [4.78, 5) is 0. The third-order valence-electron chi connectivity index (χ3n) is 3.00. The molecular formula is C13H17BrClNO. The van der Waals surface area contributed by atoms with Crippen LogP contribution >= 0.6 is 27.5 Å². The van der Waals surface area contributed by atoms with Gasteiger partial charge in [0, 0.05) is 24.2 Å². The van der Waals surface area contributed by atoms with Gasteiger partial charge in [0.1, 0.15) is 0 Å². The first-order valence-electron chi connectivity index (χ1n) is 5.98. The number of hydrogen-bond acceptors (Lipinski definition) is 2. The van der Waals surface area contributed by atoms with Crippen LogP contribution in [-0.4, -0.2) is 19.8 Å². The van der Waals surface area contributed by atoms with Crippen molar-refractivity contribution in [3.63, 3.8) is 0 Å². The molecule has 1 atom stereocenters. The molecule has 0 radical (unpaired) electrons. The molecule has 0 amide bonds. The quantitative estimate of drug-likeness (QED) is 0.915. The molecule has 1 aromatic carbocycles. The minimum absolute atomic E-state index is 0.666. The van der Waals surface area contributed by atoms with Gasteiger partial charge in [-0.05, 0) is 52.4 Å². The van der Waals surface area contributed by atoms with Gasteiger partial charge in [0.25, 0.3) is 0 Å². The van der Waals surface area contributed by atoms with Gasteiger partial charge in [0.15, 0.2) is 0 Å². The van der Waals surface area contributed by atoms with Gasteiger partial charge >= 0.3 is 0 Å². The molecule has 1 aromatic rings. The van der Waals surface area contributed by atoms with Gasteiger partial charge in [-0.25, -0.2) is 0 Å². The van der Waals surface area contributed by atoms with E-state index in [4.69, 9.17) is 16.3 Å². The Labute approximate surface area is 116 Å². The van der Waals surface area contributed by atoms with Crippen LogP contribution in [-0.2, 0) is 11.3 Å². The van der Waals surface area contributed by atoms with Crippen LogP contribution in [0, 0.1) is 5.92 Å². The number of rotatable bonds is 4. The van der Waals surface area contributed by atoms with Crippen LogP contribution in [0.5, 0.6) is 0 Å². The molecule has 1 heterocycles. The van der Waals surface area contributed by atoms with E-state index in [1.54, 1.807) is 0 Å². The molecule has 4 heteroatoms. The number of nitrogens with one attached hydrogen (secondary N) is 1. The van der Waals surface area contributed by atoms with E-state index in [1.807, 2.05) is 6.07 Å². The monoisotopic (exact) mass is 317 g/mol. The van der Waals surface area contributed by atoms with Gasteiger partial charge in [0.05, 0.1) is 11.6 Å². The van der Waals surface area contributed by atoms with E-state index in [0.29, 0.717) is 5.92 Å². The Hall–Kier alpha value is -0.0900. The summed E-state index contributed by atoms with van der Waals surface area (Å²) in [7, 11) is 0. The largest absolute Gasteiger partial charge is 0.381 e. The zero-order chi connectivity index (χ0) is 12.1. The van der Waals surface area contributed by atoms with Crippen LogP contribution in [0.4, 0.5) is 0 Å². The highest BCUT2D eigenvalue weighted by molar-refractivity contribution is 9.10. The van der Waals surface area contributed by atoms with Crippen LogP contribution in [0.2, 0.25) is 5.02 Å². The SMILES string of the molecule is Clc1ccc(CNCC2CCCOC2)cc1Br. The molecule has 0 saturated carbocycles. The molecule has 1 unspecified atom stereocenters. The summed E-state index contributed by atoms with van der Waals surface area (Å²) in [6.45, 7) is 3.74. The number of benzene rings is 1. The summed E-state index contributed by atoms with van der Waals surface area (Å²) in [5.41, 5.74) is 1.25. The molecule has 0 aromatic heterocycles. The van der Waals surface area contributed by atoms with E-state index >= 15 is 0 Å². The van der Waals surface area contributed by atoms with Crippen molar-refractivity contribution in [3.8, 4) is 0 Å². The molecule has 1 fully saturated rings. The highest BCUT2D eigenvalue weighted by Crippen LogP contribution is 2.23. The van der Waals surface area contributed by atoms with Crippen LogP contribution < -0.4 is 5.32 Å².